The van der Waals surface area contributed by atoms with E-state index in [9.17, 15) is 0 Å². The zero-order valence-corrected chi connectivity index (χ0v) is 7.64. The lowest BCUT2D eigenvalue weighted by Crippen LogP contribution is -1.80. The van der Waals surface area contributed by atoms with Gasteiger partial charge in [-0.1, -0.05) is 6.07 Å². The van der Waals surface area contributed by atoms with Gasteiger partial charge in [-0.05, 0) is 30.0 Å². The molecule has 0 amide bonds. The number of aryl methyl sites for hydroxylation is 1. The molecule has 2 rings (SSSR count). The van der Waals surface area contributed by atoms with Crippen LogP contribution in [0.2, 0.25) is 0 Å². The van der Waals surface area contributed by atoms with Crippen LogP contribution in [-0.4, -0.2) is 4.98 Å². The average Bonchev–Trinajstić information content (AvgIpc) is 2.58. The van der Waals surface area contributed by atoms with E-state index < -0.39 is 0 Å². The van der Waals surface area contributed by atoms with Gasteiger partial charge in [-0.25, -0.2) is 0 Å². The van der Waals surface area contributed by atoms with E-state index in [2.05, 4.69) is 33.9 Å². The lowest BCUT2D eigenvalue weighted by atomic mass is 10.2. The average molecular weight is 175 g/mol. The predicted octanol–water partition coefficient (Wildman–Crippen LogP) is 3.12. The summed E-state index contributed by atoms with van der Waals surface area (Å²) in [7, 11) is 0. The number of aromatic nitrogens is 1. The molecule has 0 fully saturated rings. The Morgan fingerprint density at radius 1 is 1.25 bits per heavy atom. The summed E-state index contributed by atoms with van der Waals surface area (Å²) < 4.78 is 0. The molecule has 0 aliphatic heterocycles. The third-order valence-corrected chi connectivity index (χ3v) is 2.41. The van der Waals surface area contributed by atoms with Gasteiger partial charge in [0.15, 0.2) is 0 Å². The summed E-state index contributed by atoms with van der Waals surface area (Å²) in [6, 6.07) is 6.22. The molecule has 0 aromatic carbocycles. The zero-order valence-electron chi connectivity index (χ0n) is 6.82. The molecular formula is C10H9NS. The maximum atomic E-state index is 4.33. The number of hydrogen-bond donors (Lipinski definition) is 0. The summed E-state index contributed by atoms with van der Waals surface area (Å²) in [5.41, 5.74) is 3.47. The van der Waals surface area contributed by atoms with Crippen molar-refractivity contribution in [1.29, 1.82) is 0 Å². The van der Waals surface area contributed by atoms with E-state index in [4.69, 9.17) is 0 Å². The second-order valence-electron chi connectivity index (χ2n) is 2.73. The Balaban J connectivity index is 2.43. The number of thiophene rings is 1. The molecule has 0 aliphatic carbocycles. The highest BCUT2D eigenvalue weighted by Gasteiger charge is 1.96. The van der Waals surface area contributed by atoms with Gasteiger partial charge < -0.3 is 0 Å². The van der Waals surface area contributed by atoms with Gasteiger partial charge in [0.05, 0.1) is 5.69 Å². The number of nitrogens with zero attached hydrogens (tertiary/aromatic N) is 1. The topological polar surface area (TPSA) is 12.9 Å². The fourth-order valence-corrected chi connectivity index (χ4v) is 1.70. The van der Waals surface area contributed by atoms with Crippen molar-refractivity contribution in [3.8, 4) is 11.3 Å². The van der Waals surface area contributed by atoms with Crippen molar-refractivity contribution in [1.82, 2.24) is 4.98 Å². The number of pyridine rings is 1. The van der Waals surface area contributed by atoms with E-state index in [1.54, 1.807) is 11.3 Å². The van der Waals surface area contributed by atoms with Crippen LogP contribution in [0.1, 0.15) is 5.56 Å². The van der Waals surface area contributed by atoms with Gasteiger partial charge in [0.25, 0.3) is 0 Å². The molecule has 2 aromatic rings. The van der Waals surface area contributed by atoms with Crippen molar-refractivity contribution in [2.75, 3.05) is 0 Å². The maximum Gasteiger partial charge on any atom is 0.0710 e. The molecule has 0 saturated heterocycles. The summed E-state index contributed by atoms with van der Waals surface area (Å²) in [6.07, 6.45) is 1.90. The first-order chi connectivity index (χ1) is 5.86. The van der Waals surface area contributed by atoms with Crippen molar-refractivity contribution >= 4 is 11.3 Å². The fraction of sp³-hybridized carbons (Fsp3) is 0.100. The Morgan fingerprint density at radius 2 is 2.17 bits per heavy atom. The van der Waals surface area contributed by atoms with Crippen molar-refractivity contribution in [3.05, 3.63) is 40.7 Å². The molecule has 2 heterocycles. The molecule has 0 bridgehead atoms. The van der Waals surface area contributed by atoms with Crippen LogP contribution in [0, 0.1) is 6.92 Å². The summed E-state index contributed by atoms with van der Waals surface area (Å²) in [4.78, 5) is 4.33. The molecule has 0 spiro atoms. The van der Waals surface area contributed by atoms with E-state index in [0.717, 1.165) is 5.69 Å². The Bertz CT molecular complexity index is 348. The van der Waals surface area contributed by atoms with Crippen LogP contribution >= 0.6 is 11.3 Å². The molecule has 60 valence electrons. The van der Waals surface area contributed by atoms with Crippen LogP contribution in [0.4, 0.5) is 0 Å². The zero-order chi connectivity index (χ0) is 8.39. The summed E-state index contributed by atoms with van der Waals surface area (Å²) in [5.74, 6) is 0. The minimum absolute atomic E-state index is 1.06. The molecular weight excluding hydrogens is 166 g/mol. The van der Waals surface area contributed by atoms with Gasteiger partial charge in [-0.3, -0.25) is 4.98 Å². The van der Waals surface area contributed by atoms with E-state index in [1.807, 2.05) is 13.1 Å². The normalized spacial score (nSPS) is 10.1. The molecule has 2 heteroatoms. The maximum absolute atomic E-state index is 4.33. The summed E-state index contributed by atoms with van der Waals surface area (Å²) in [5, 5.41) is 4.18. The van der Waals surface area contributed by atoms with Gasteiger partial charge in [0.1, 0.15) is 0 Å². The second-order valence-corrected chi connectivity index (χ2v) is 3.51. The smallest absolute Gasteiger partial charge is 0.0710 e. The van der Waals surface area contributed by atoms with Crippen molar-refractivity contribution < 1.29 is 0 Å². The lowest BCUT2D eigenvalue weighted by Gasteiger charge is -1.96. The minimum atomic E-state index is 1.06. The van der Waals surface area contributed by atoms with Crippen LogP contribution in [0.3, 0.4) is 0 Å². The molecule has 0 N–H and O–H groups in total. The summed E-state index contributed by atoms with van der Waals surface area (Å²) in [6.45, 7) is 2.05. The Kier molecular flexibility index (Phi) is 1.92. The molecule has 0 radical (unpaired) electrons. The molecule has 0 aliphatic rings. The Morgan fingerprint density at radius 3 is 2.75 bits per heavy atom. The first-order valence-corrected chi connectivity index (χ1v) is 4.76. The van der Waals surface area contributed by atoms with Crippen molar-refractivity contribution in [3.63, 3.8) is 0 Å². The van der Waals surface area contributed by atoms with E-state index in [0.29, 0.717) is 0 Å². The quantitative estimate of drug-likeness (QED) is 0.649. The van der Waals surface area contributed by atoms with Crippen LogP contribution < -0.4 is 0 Å². The largest absolute Gasteiger partial charge is 0.256 e. The molecule has 2 aromatic heterocycles. The van der Waals surface area contributed by atoms with Crippen LogP contribution in [0.5, 0.6) is 0 Å². The number of hydrogen-bond acceptors (Lipinski definition) is 2. The highest BCUT2D eigenvalue weighted by molar-refractivity contribution is 7.08. The van der Waals surface area contributed by atoms with E-state index in [-0.39, 0.29) is 0 Å². The van der Waals surface area contributed by atoms with Crippen LogP contribution in [0.15, 0.2) is 35.2 Å². The second kappa shape index (κ2) is 3.07. The lowest BCUT2D eigenvalue weighted by molar-refractivity contribution is 1.27. The fourth-order valence-electron chi connectivity index (χ4n) is 1.05. The van der Waals surface area contributed by atoms with Crippen LogP contribution in [-0.2, 0) is 0 Å². The minimum Gasteiger partial charge on any atom is -0.256 e. The van der Waals surface area contributed by atoms with E-state index >= 15 is 0 Å². The van der Waals surface area contributed by atoms with Crippen LogP contribution in [0.25, 0.3) is 11.3 Å². The van der Waals surface area contributed by atoms with Gasteiger partial charge in [0.2, 0.25) is 0 Å². The predicted molar refractivity (Wildman–Crippen MR) is 52.3 cm³/mol. The molecule has 1 nitrogen and oxygen atoms in total. The van der Waals surface area contributed by atoms with Gasteiger partial charge >= 0.3 is 0 Å². The SMILES string of the molecule is Cc1ccc(-c2ccsc2)nc1. The third-order valence-electron chi connectivity index (χ3n) is 1.73. The standard InChI is InChI=1S/C10H9NS/c1-8-2-3-10(11-6-8)9-4-5-12-7-9/h2-7H,1H3. The highest BCUT2D eigenvalue weighted by Crippen LogP contribution is 2.19. The molecule has 12 heavy (non-hydrogen) atoms. The van der Waals surface area contributed by atoms with Gasteiger partial charge in [0, 0.05) is 17.1 Å². The monoisotopic (exact) mass is 175 g/mol. The van der Waals surface area contributed by atoms with E-state index in [1.165, 1.54) is 11.1 Å². The van der Waals surface area contributed by atoms with Gasteiger partial charge in [-0.15, -0.1) is 0 Å². The Hall–Kier alpha value is -1.15. The Labute approximate surface area is 75.7 Å². The van der Waals surface area contributed by atoms with Crippen molar-refractivity contribution in [2.24, 2.45) is 0 Å². The first kappa shape index (κ1) is 7.50. The highest BCUT2D eigenvalue weighted by atomic mass is 32.1. The number of rotatable bonds is 1. The first-order valence-electron chi connectivity index (χ1n) is 3.81. The third kappa shape index (κ3) is 1.38. The molecule has 0 atom stereocenters. The molecule has 0 unspecified atom stereocenters. The van der Waals surface area contributed by atoms with Gasteiger partial charge in [-0.2, -0.15) is 11.3 Å². The van der Waals surface area contributed by atoms with Crippen molar-refractivity contribution in [2.45, 2.75) is 6.92 Å². The summed E-state index contributed by atoms with van der Waals surface area (Å²) >= 11 is 1.70. The molecule has 0 saturated carbocycles.